The lowest BCUT2D eigenvalue weighted by Crippen LogP contribution is -2.13. The highest BCUT2D eigenvalue weighted by Crippen LogP contribution is 2.17. The summed E-state index contributed by atoms with van der Waals surface area (Å²) in [5.41, 5.74) is 5.31. The summed E-state index contributed by atoms with van der Waals surface area (Å²) >= 11 is 0. The highest BCUT2D eigenvalue weighted by Gasteiger charge is 2.15. The van der Waals surface area contributed by atoms with Gasteiger partial charge in [-0.15, -0.1) is 0 Å². The third kappa shape index (κ3) is 2.76. The molecule has 0 aromatic heterocycles. The first-order valence-corrected chi connectivity index (χ1v) is 3.87. The summed E-state index contributed by atoms with van der Waals surface area (Å²) in [5, 5.41) is 11.1. The zero-order valence-corrected chi connectivity index (χ0v) is 6.49. The molecule has 0 aromatic rings. The smallest absolute Gasteiger partial charge is 0.139 e. The molecule has 0 radical (unpaired) electrons. The van der Waals surface area contributed by atoms with Crippen molar-refractivity contribution in [3.05, 3.63) is 0 Å². The van der Waals surface area contributed by atoms with Gasteiger partial charge in [-0.05, 0) is 18.8 Å². The van der Waals surface area contributed by atoms with E-state index in [4.69, 9.17) is 15.7 Å². The van der Waals surface area contributed by atoms with Gasteiger partial charge in [0, 0.05) is 19.6 Å². The van der Waals surface area contributed by atoms with Gasteiger partial charge in [0.15, 0.2) is 0 Å². The number of hydrogen-bond acceptors (Lipinski definition) is 3. The van der Waals surface area contributed by atoms with E-state index in [0.717, 1.165) is 26.1 Å². The molecule has 4 nitrogen and oxygen atoms in total. The topological polar surface area (TPSA) is 67.8 Å². The Morgan fingerprint density at radius 1 is 1.73 bits per heavy atom. The second kappa shape index (κ2) is 4.18. The number of nitrogens with zero attached hydrogens (tertiary/aromatic N) is 1. The highest BCUT2D eigenvalue weighted by molar-refractivity contribution is 5.79. The molecule has 11 heavy (non-hydrogen) atoms. The molecule has 0 bridgehead atoms. The van der Waals surface area contributed by atoms with E-state index in [1.165, 1.54) is 0 Å². The van der Waals surface area contributed by atoms with Crippen molar-refractivity contribution in [3.63, 3.8) is 0 Å². The van der Waals surface area contributed by atoms with E-state index in [-0.39, 0.29) is 0 Å². The average Bonchev–Trinajstić information content (AvgIpc) is 2.52. The molecule has 1 rings (SSSR count). The second-order valence-corrected chi connectivity index (χ2v) is 2.86. The van der Waals surface area contributed by atoms with Gasteiger partial charge in [-0.2, -0.15) is 0 Å². The molecule has 1 fully saturated rings. The van der Waals surface area contributed by atoms with Crippen LogP contribution in [0.2, 0.25) is 0 Å². The molecule has 0 amide bonds. The molecular weight excluding hydrogens is 144 g/mol. The molecule has 4 heteroatoms. The lowest BCUT2D eigenvalue weighted by atomic mass is 10.0. The van der Waals surface area contributed by atoms with Gasteiger partial charge < -0.3 is 15.7 Å². The van der Waals surface area contributed by atoms with Gasteiger partial charge in [-0.25, -0.2) is 0 Å². The predicted molar refractivity (Wildman–Crippen MR) is 41.6 cm³/mol. The quantitative estimate of drug-likeness (QED) is 0.273. The third-order valence-corrected chi connectivity index (χ3v) is 1.96. The van der Waals surface area contributed by atoms with Crippen molar-refractivity contribution in [2.24, 2.45) is 16.8 Å². The van der Waals surface area contributed by atoms with Gasteiger partial charge in [0.05, 0.1) is 0 Å². The predicted octanol–water partition coefficient (Wildman–Crippen LogP) is 0.549. The normalized spacial score (nSPS) is 25.8. The van der Waals surface area contributed by atoms with Crippen LogP contribution in [0.5, 0.6) is 0 Å². The minimum absolute atomic E-state index is 0.317. The van der Waals surface area contributed by atoms with E-state index >= 15 is 0 Å². The first kappa shape index (κ1) is 8.33. The lowest BCUT2D eigenvalue weighted by molar-refractivity contribution is 0.184. The molecule has 0 aromatic carbocycles. The van der Waals surface area contributed by atoms with Crippen molar-refractivity contribution >= 4 is 5.84 Å². The Kier molecular flexibility index (Phi) is 3.16. The summed E-state index contributed by atoms with van der Waals surface area (Å²) in [4.78, 5) is 0. The fraction of sp³-hybridized carbons (Fsp3) is 0.857. The molecule has 1 unspecified atom stereocenters. The van der Waals surface area contributed by atoms with Crippen LogP contribution in [0.15, 0.2) is 5.16 Å². The Morgan fingerprint density at radius 3 is 3.09 bits per heavy atom. The molecule has 1 saturated heterocycles. The largest absolute Gasteiger partial charge is 0.409 e. The summed E-state index contributed by atoms with van der Waals surface area (Å²) in [5.74, 6) is 0.923. The van der Waals surface area contributed by atoms with Gasteiger partial charge in [0.25, 0.3) is 0 Å². The molecule has 0 aliphatic carbocycles. The van der Waals surface area contributed by atoms with Gasteiger partial charge in [-0.3, -0.25) is 0 Å². The molecule has 1 atom stereocenters. The average molecular weight is 158 g/mol. The van der Waals surface area contributed by atoms with Crippen molar-refractivity contribution in [2.45, 2.75) is 19.3 Å². The molecule has 1 heterocycles. The highest BCUT2D eigenvalue weighted by atomic mass is 16.5. The molecule has 1 aliphatic rings. The van der Waals surface area contributed by atoms with Gasteiger partial charge >= 0.3 is 0 Å². The minimum Gasteiger partial charge on any atom is -0.409 e. The summed E-state index contributed by atoms with van der Waals surface area (Å²) in [7, 11) is 0. The lowest BCUT2D eigenvalue weighted by Gasteiger charge is -2.04. The first-order valence-electron chi connectivity index (χ1n) is 3.87. The Bertz CT molecular complexity index is 141. The van der Waals surface area contributed by atoms with Crippen molar-refractivity contribution in [1.82, 2.24) is 0 Å². The van der Waals surface area contributed by atoms with Crippen molar-refractivity contribution in [1.29, 1.82) is 0 Å². The van der Waals surface area contributed by atoms with Crippen LogP contribution in [-0.4, -0.2) is 24.3 Å². The maximum absolute atomic E-state index is 8.24. The van der Waals surface area contributed by atoms with Gasteiger partial charge in [0.1, 0.15) is 5.84 Å². The van der Waals surface area contributed by atoms with Crippen LogP contribution in [0.3, 0.4) is 0 Å². The number of oxime groups is 1. The zero-order valence-electron chi connectivity index (χ0n) is 6.49. The monoisotopic (exact) mass is 158 g/mol. The third-order valence-electron chi connectivity index (χ3n) is 1.96. The molecule has 0 saturated carbocycles. The van der Waals surface area contributed by atoms with Crippen molar-refractivity contribution in [2.75, 3.05) is 13.2 Å². The molecule has 1 aliphatic heterocycles. The fourth-order valence-electron chi connectivity index (χ4n) is 1.21. The summed E-state index contributed by atoms with van der Waals surface area (Å²) < 4.78 is 5.18. The first-order chi connectivity index (χ1) is 5.33. The van der Waals surface area contributed by atoms with Crippen LogP contribution in [0, 0.1) is 5.92 Å². The molecule has 64 valence electrons. The summed E-state index contributed by atoms with van der Waals surface area (Å²) in [6.45, 7) is 1.69. The van der Waals surface area contributed by atoms with Crippen LogP contribution in [-0.2, 0) is 4.74 Å². The van der Waals surface area contributed by atoms with Gasteiger partial charge in [0.2, 0.25) is 0 Å². The van der Waals surface area contributed by atoms with E-state index in [9.17, 15) is 0 Å². The Hall–Kier alpha value is -0.770. The number of rotatable bonds is 3. The minimum atomic E-state index is 0.317. The molecule has 0 spiro atoms. The van der Waals surface area contributed by atoms with Gasteiger partial charge in [-0.1, -0.05) is 5.16 Å². The summed E-state index contributed by atoms with van der Waals surface area (Å²) in [6.07, 6.45) is 2.75. The van der Waals surface area contributed by atoms with Crippen LogP contribution in [0.4, 0.5) is 0 Å². The van der Waals surface area contributed by atoms with Crippen LogP contribution < -0.4 is 5.73 Å². The Morgan fingerprint density at radius 2 is 2.55 bits per heavy atom. The SMILES string of the molecule is N/C(CCC1CCOC1)=N\O. The number of amidine groups is 1. The summed E-state index contributed by atoms with van der Waals surface area (Å²) in [6, 6.07) is 0. The second-order valence-electron chi connectivity index (χ2n) is 2.86. The fourth-order valence-corrected chi connectivity index (χ4v) is 1.21. The zero-order chi connectivity index (χ0) is 8.10. The van der Waals surface area contributed by atoms with Crippen LogP contribution in [0.25, 0.3) is 0 Å². The van der Waals surface area contributed by atoms with E-state index in [1.807, 2.05) is 0 Å². The number of ether oxygens (including phenoxy) is 1. The maximum atomic E-state index is 8.24. The molecular formula is C7H14N2O2. The van der Waals surface area contributed by atoms with E-state index in [1.54, 1.807) is 0 Å². The molecule has 3 N–H and O–H groups in total. The number of hydrogen-bond donors (Lipinski definition) is 2. The standard InChI is InChI=1S/C7H14N2O2/c8-7(9-10)2-1-6-3-4-11-5-6/h6,10H,1-5H2,(H2,8,9). The van der Waals surface area contributed by atoms with Crippen molar-refractivity contribution in [3.8, 4) is 0 Å². The van der Waals surface area contributed by atoms with E-state index in [2.05, 4.69) is 5.16 Å². The van der Waals surface area contributed by atoms with Crippen LogP contribution in [0.1, 0.15) is 19.3 Å². The van der Waals surface area contributed by atoms with Crippen molar-refractivity contribution < 1.29 is 9.94 Å². The Balaban J connectivity index is 2.11. The number of nitrogens with two attached hydrogens (primary N) is 1. The van der Waals surface area contributed by atoms with E-state index in [0.29, 0.717) is 18.2 Å². The Labute approximate surface area is 66.0 Å². The van der Waals surface area contributed by atoms with Crippen LogP contribution >= 0.6 is 0 Å². The maximum Gasteiger partial charge on any atom is 0.139 e. The van der Waals surface area contributed by atoms with E-state index < -0.39 is 0 Å².